The summed E-state index contributed by atoms with van der Waals surface area (Å²) in [5.74, 6) is -0.634. The maximum Gasteiger partial charge on any atom is 0.240 e. The van der Waals surface area contributed by atoms with Gasteiger partial charge in [-0.2, -0.15) is 0 Å². The van der Waals surface area contributed by atoms with Crippen molar-refractivity contribution in [3.8, 4) is 0 Å². The predicted molar refractivity (Wildman–Crippen MR) is 105 cm³/mol. The first kappa shape index (κ1) is 23.0. The summed E-state index contributed by atoms with van der Waals surface area (Å²) in [6, 6.07) is 4.48. The number of halogens is 2. The van der Waals surface area contributed by atoms with Crippen molar-refractivity contribution in [1.82, 2.24) is 9.62 Å². The van der Waals surface area contributed by atoms with Gasteiger partial charge in [-0.15, -0.1) is 12.4 Å². The molecule has 1 aromatic carbocycles. The number of piperidine rings is 1. The molecule has 0 aromatic heterocycles. The van der Waals surface area contributed by atoms with Crippen LogP contribution >= 0.6 is 12.4 Å². The van der Waals surface area contributed by atoms with Crippen molar-refractivity contribution in [2.24, 2.45) is 11.1 Å². The molecular weight excluding hydrogens is 409 g/mol. The maximum absolute atomic E-state index is 13.4. The molecule has 7 nitrogen and oxygen atoms in total. The number of nitrogens with two attached hydrogens (primary N) is 1. The number of hydrogen-bond acceptors (Lipinski definition) is 5. The standard InChI is InChI=1S/C18H26FN3O4S.ClH/c19-14-3-1-5-16(11-14)27(24,25)21-15-4-2-8-22(12-15)17(23)18(13-20)6-9-26-10-7-18;/h1,3,5,11,15,21H,2,4,6-10,12-13,20H2;1H. The monoisotopic (exact) mass is 435 g/mol. The molecule has 0 radical (unpaired) electrons. The van der Waals surface area contributed by atoms with Crippen LogP contribution in [0.1, 0.15) is 25.7 Å². The van der Waals surface area contributed by atoms with Gasteiger partial charge in [0.15, 0.2) is 0 Å². The zero-order valence-electron chi connectivity index (χ0n) is 15.6. The molecule has 1 aromatic rings. The molecule has 1 amide bonds. The lowest BCUT2D eigenvalue weighted by atomic mass is 9.78. The number of carbonyl (C=O) groups excluding carboxylic acids is 1. The van der Waals surface area contributed by atoms with Crippen LogP contribution in [-0.4, -0.2) is 58.1 Å². The molecule has 3 N–H and O–H groups in total. The van der Waals surface area contributed by atoms with Gasteiger partial charge in [0.05, 0.1) is 10.3 Å². The normalized spacial score (nSPS) is 22.4. The Balaban J connectivity index is 0.00000280. The Morgan fingerprint density at radius 1 is 1.36 bits per heavy atom. The molecule has 1 atom stereocenters. The molecule has 2 fully saturated rings. The highest BCUT2D eigenvalue weighted by molar-refractivity contribution is 7.89. The first-order chi connectivity index (χ1) is 12.9. The summed E-state index contributed by atoms with van der Waals surface area (Å²) in [5, 5.41) is 0. The lowest BCUT2D eigenvalue weighted by Gasteiger charge is -2.41. The average molecular weight is 436 g/mol. The van der Waals surface area contributed by atoms with Gasteiger partial charge in [-0.3, -0.25) is 4.79 Å². The molecule has 2 aliphatic rings. The lowest BCUT2D eigenvalue weighted by molar-refractivity contribution is -0.148. The second-order valence-corrected chi connectivity index (χ2v) is 8.98. The fourth-order valence-corrected chi connectivity index (χ4v) is 5.08. The van der Waals surface area contributed by atoms with E-state index in [-0.39, 0.29) is 36.3 Å². The molecule has 0 bridgehead atoms. The third kappa shape index (κ3) is 5.01. The summed E-state index contributed by atoms with van der Waals surface area (Å²) in [6.07, 6.45) is 2.48. The van der Waals surface area contributed by atoms with Crippen LogP contribution in [0.25, 0.3) is 0 Å². The summed E-state index contributed by atoms with van der Waals surface area (Å²) in [5.41, 5.74) is 5.30. The minimum absolute atomic E-state index is 0. The topological polar surface area (TPSA) is 102 Å². The molecule has 28 heavy (non-hydrogen) atoms. The summed E-state index contributed by atoms with van der Waals surface area (Å²) in [4.78, 5) is 14.7. The SMILES string of the molecule is Cl.NCC1(C(=O)N2CCCC(NS(=O)(=O)c3cccc(F)c3)C2)CCOCC1. The molecule has 158 valence electrons. The van der Waals surface area contributed by atoms with Gasteiger partial charge in [-0.25, -0.2) is 17.5 Å². The van der Waals surface area contributed by atoms with E-state index in [1.807, 2.05) is 0 Å². The minimum atomic E-state index is -3.85. The zero-order valence-corrected chi connectivity index (χ0v) is 17.2. The van der Waals surface area contributed by atoms with Gasteiger partial charge in [-0.1, -0.05) is 6.07 Å². The van der Waals surface area contributed by atoms with Crippen LogP contribution in [0.3, 0.4) is 0 Å². The van der Waals surface area contributed by atoms with Crippen molar-refractivity contribution in [2.45, 2.75) is 36.6 Å². The Morgan fingerprint density at radius 3 is 2.71 bits per heavy atom. The van der Waals surface area contributed by atoms with Gasteiger partial charge in [0.1, 0.15) is 5.82 Å². The highest BCUT2D eigenvalue weighted by atomic mass is 35.5. The van der Waals surface area contributed by atoms with Gasteiger partial charge in [-0.05, 0) is 43.9 Å². The van der Waals surface area contributed by atoms with E-state index in [0.29, 0.717) is 45.4 Å². The number of rotatable bonds is 5. The van der Waals surface area contributed by atoms with E-state index in [1.165, 1.54) is 18.2 Å². The molecule has 0 spiro atoms. The Bertz CT molecular complexity index is 787. The molecule has 0 saturated carbocycles. The van der Waals surface area contributed by atoms with Gasteiger partial charge in [0.2, 0.25) is 15.9 Å². The maximum atomic E-state index is 13.4. The predicted octanol–water partition coefficient (Wildman–Crippen LogP) is 1.27. The fourth-order valence-electron chi connectivity index (χ4n) is 3.78. The Morgan fingerprint density at radius 2 is 2.07 bits per heavy atom. The second-order valence-electron chi connectivity index (χ2n) is 7.27. The summed E-state index contributed by atoms with van der Waals surface area (Å²) >= 11 is 0. The number of amides is 1. The van der Waals surface area contributed by atoms with E-state index >= 15 is 0 Å². The largest absolute Gasteiger partial charge is 0.381 e. The van der Waals surface area contributed by atoms with Crippen LogP contribution in [-0.2, 0) is 19.6 Å². The number of nitrogens with one attached hydrogen (secondary N) is 1. The summed E-state index contributed by atoms with van der Waals surface area (Å²) in [6.45, 7) is 2.14. The fraction of sp³-hybridized carbons (Fsp3) is 0.611. The molecule has 2 heterocycles. The minimum Gasteiger partial charge on any atom is -0.381 e. The van der Waals surface area contributed by atoms with Crippen LogP contribution < -0.4 is 10.5 Å². The number of hydrogen-bond donors (Lipinski definition) is 2. The van der Waals surface area contributed by atoms with E-state index in [1.54, 1.807) is 4.90 Å². The van der Waals surface area contributed by atoms with Crippen molar-refractivity contribution in [3.05, 3.63) is 30.1 Å². The number of nitrogens with zero attached hydrogens (tertiary/aromatic N) is 1. The van der Waals surface area contributed by atoms with Crippen molar-refractivity contribution >= 4 is 28.3 Å². The zero-order chi connectivity index (χ0) is 19.5. The van der Waals surface area contributed by atoms with Crippen LogP contribution in [0, 0.1) is 11.2 Å². The molecule has 2 saturated heterocycles. The van der Waals surface area contributed by atoms with Gasteiger partial charge in [0.25, 0.3) is 0 Å². The number of likely N-dealkylation sites (tertiary alicyclic amines) is 1. The Kier molecular flexibility index (Phi) is 7.81. The highest BCUT2D eigenvalue weighted by Gasteiger charge is 2.42. The molecule has 10 heteroatoms. The van der Waals surface area contributed by atoms with Gasteiger partial charge < -0.3 is 15.4 Å². The van der Waals surface area contributed by atoms with Crippen molar-refractivity contribution < 1.29 is 22.3 Å². The van der Waals surface area contributed by atoms with E-state index in [0.717, 1.165) is 6.07 Å². The molecule has 3 rings (SSSR count). The summed E-state index contributed by atoms with van der Waals surface area (Å²) in [7, 11) is -3.85. The van der Waals surface area contributed by atoms with Crippen LogP contribution in [0.4, 0.5) is 4.39 Å². The van der Waals surface area contributed by atoms with Crippen LogP contribution in [0.5, 0.6) is 0 Å². The molecule has 1 unspecified atom stereocenters. The van der Waals surface area contributed by atoms with E-state index < -0.39 is 27.3 Å². The molecular formula is C18H27ClFN3O4S. The van der Waals surface area contributed by atoms with Gasteiger partial charge in [0, 0.05) is 38.9 Å². The van der Waals surface area contributed by atoms with Crippen LogP contribution in [0.2, 0.25) is 0 Å². The van der Waals surface area contributed by atoms with Gasteiger partial charge >= 0.3 is 0 Å². The van der Waals surface area contributed by atoms with E-state index in [4.69, 9.17) is 10.5 Å². The summed E-state index contributed by atoms with van der Waals surface area (Å²) < 4.78 is 46.4. The number of carbonyl (C=O) groups is 1. The average Bonchev–Trinajstić information content (AvgIpc) is 2.68. The third-order valence-corrected chi connectivity index (χ3v) is 6.95. The van der Waals surface area contributed by atoms with E-state index in [9.17, 15) is 17.6 Å². The number of sulfonamides is 1. The number of ether oxygens (including phenoxy) is 1. The number of benzene rings is 1. The quantitative estimate of drug-likeness (QED) is 0.725. The molecule has 0 aliphatic carbocycles. The smallest absolute Gasteiger partial charge is 0.240 e. The Labute approximate surface area is 171 Å². The second kappa shape index (κ2) is 9.49. The first-order valence-corrected chi connectivity index (χ1v) is 10.7. The molecule has 2 aliphatic heterocycles. The highest BCUT2D eigenvalue weighted by Crippen LogP contribution is 2.32. The first-order valence-electron chi connectivity index (χ1n) is 9.21. The van der Waals surface area contributed by atoms with Crippen molar-refractivity contribution in [3.63, 3.8) is 0 Å². The Hall–Kier alpha value is -1.26. The van der Waals surface area contributed by atoms with Crippen molar-refractivity contribution in [1.29, 1.82) is 0 Å². The van der Waals surface area contributed by atoms with Crippen LogP contribution in [0.15, 0.2) is 29.2 Å². The third-order valence-electron chi connectivity index (χ3n) is 5.43. The van der Waals surface area contributed by atoms with Crippen molar-refractivity contribution in [2.75, 3.05) is 32.8 Å². The lowest BCUT2D eigenvalue weighted by Crippen LogP contribution is -2.56. The van der Waals surface area contributed by atoms with E-state index in [2.05, 4.69) is 4.72 Å².